The van der Waals surface area contributed by atoms with Gasteiger partial charge in [0.15, 0.2) is 0 Å². The molecule has 0 saturated heterocycles. The number of ether oxygens (including phenoxy) is 1. The maximum absolute atomic E-state index is 11.7. The Balaban J connectivity index is 3.18. The normalized spacial score (nSPS) is 10.8. The highest BCUT2D eigenvalue weighted by molar-refractivity contribution is 6.16. The summed E-state index contributed by atoms with van der Waals surface area (Å²) < 4.78 is 4.89. The standard InChI is InChI=1S/C13H13NO4/c1-3-6-12(13(15)18-4-2)10-7-5-8-11(9-10)14(16)17/h3,5-9H,1,4H2,2H3. The minimum absolute atomic E-state index is 0.0771. The lowest BCUT2D eigenvalue weighted by atomic mass is 10.0. The molecule has 0 aliphatic carbocycles. The zero-order chi connectivity index (χ0) is 13.5. The van der Waals surface area contributed by atoms with E-state index in [2.05, 4.69) is 6.58 Å². The average Bonchev–Trinajstić information content (AvgIpc) is 2.36. The Kier molecular flexibility index (Phi) is 4.80. The number of nitro groups is 1. The van der Waals surface area contributed by atoms with Gasteiger partial charge in [0.1, 0.15) is 0 Å². The molecule has 0 radical (unpaired) electrons. The first-order chi connectivity index (χ1) is 8.60. The molecule has 0 N–H and O–H groups in total. The molecule has 1 aromatic rings. The Morgan fingerprint density at radius 2 is 2.28 bits per heavy atom. The molecule has 5 nitrogen and oxygen atoms in total. The van der Waals surface area contributed by atoms with Crippen LogP contribution in [0.1, 0.15) is 12.5 Å². The van der Waals surface area contributed by atoms with E-state index in [4.69, 9.17) is 4.74 Å². The van der Waals surface area contributed by atoms with Crippen molar-refractivity contribution >= 4 is 17.2 Å². The van der Waals surface area contributed by atoms with Crippen molar-refractivity contribution in [1.29, 1.82) is 0 Å². The van der Waals surface area contributed by atoms with Gasteiger partial charge in [-0.3, -0.25) is 10.1 Å². The molecule has 94 valence electrons. The number of nitro benzene ring substituents is 1. The van der Waals surface area contributed by atoms with E-state index in [0.717, 1.165) is 0 Å². The number of hydrogen-bond donors (Lipinski definition) is 0. The van der Waals surface area contributed by atoms with E-state index in [-0.39, 0.29) is 17.9 Å². The first kappa shape index (κ1) is 13.6. The third-order valence-electron chi connectivity index (χ3n) is 2.15. The number of carbonyl (C=O) groups excluding carboxylic acids is 1. The molecule has 18 heavy (non-hydrogen) atoms. The van der Waals surface area contributed by atoms with E-state index in [1.165, 1.54) is 30.4 Å². The maximum atomic E-state index is 11.7. The van der Waals surface area contributed by atoms with Crippen LogP contribution in [0.3, 0.4) is 0 Å². The van der Waals surface area contributed by atoms with Crippen LogP contribution >= 0.6 is 0 Å². The second-order valence-electron chi connectivity index (χ2n) is 3.34. The predicted molar refractivity (Wildman–Crippen MR) is 67.9 cm³/mol. The van der Waals surface area contributed by atoms with Crippen LogP contribution in [0.5, 0.6) is 0 Å². The van der Waals surface area contributed by atoms with E-state index >= 15 is 0 Å². The lowest BCUT2D eigenvalue weighted by molar-refractivity contribution is -0.384. The van der Waals surface area contributed by atoms with Crippen LogP contribution in [-0.4, -0.2) is 17.5 Å². The van der Waals surface area contributed by atoms with Crippen molar-refractivity contribution in [2.45, 2.75) is 6.92 Å². The minimum Gasteiger partial charge on any atom is -0.462 e. The molecule has 0 bridgehead atoms. The highest BCUT2D eigenvalue weighted by atomic mass is 16.6. The highest BCUT2D eigenvalue weighted by Gasteiger charge is 2.15. The SMILES string of the molecule is C=CC=C(C(=O)OCC)c1cccc([N+](=O)[O-])c1. The number of nitrogens with zero attached hydrogens (tertiary/aromatic N) is 1. The summed E-state index contributed by atoms with van der Waals surface area (Å²) in [5.74, 6) is -0.530. The number of allylic oxidation sites excluding steroid dienone is 2. The van der Waals surface area contributed by atoms with Gasteiger partial charge in [0.25, 0.3) is 5.69 Å². The summed E-state index contributed by atoms with van der Waals surface area (Å²) in [4.78, 5) is 21.9. The molecule has 0 saturated carbocycles. The van der Waals surface area contributed by atoms with E-state index in [1.807, 2.05) is 0 Å². The van der Waals surface area contributed by atoms with Crippen molar-refractivity contribution in [3.05, 3.63) is 58.7 Å². The molecule has 0 spiro atoms. The van der Waals surface area contributed by atoms with Crippen LogP contribution in [-0.2, 0) is 9.53 Å². The number of benzene rings is 1. The predicted octanol–water partition coefficient (Wildman–Crippen LogP) is 2.73. The first-order valence-corrected chi connectivity index (χ1v) is 5.34. The fourth-order valence-corrected chi connectivity index (χ4v) is 1.40. The summed E-state index contributed by atoms with van der Waals surface area (Å²) >= 11 is 0. The number of rotatable bonds is 5. The van der Waals surface area contributed by atoms with Gasteiger partial charge in [-0.25, -0.2) is 4.79 Å². The molecule has 0 atom stereocenters. The summed E-state index contributed by atoms with van der Waals surface area (Å²) in [6.07, 6.45) is 2.90. The lowest BCUT2D eigenvalue weighted by Gasteiger charge is -2.06. The van der Waals surface area contributed by atoms with Gasteiger partial charge in [0.2, 0.25) is 0 Å². The van der Waals surface area contributed by atoms with E-state index < -0.39 is 10.9 Å². The molecule has 0 aliphatic rings. The highest BCUT2D eigenvalue weighted by Crippen LogP contribution is 2.21. The monoisotopic (exact) mass is 247 g/mol. The second-order valence-corrected chi connectivity index (χ2v) is 3.34. The first-order valence-electron chi connectivity index (χ1n) is 5.34. The number of carbonyl (C=O) groups is 1. The fraction of sp³-hybridized carbons (Fsp3) is 0.154. The Labute approximate surface area is 105 Å². The van der Waals surface area contributed by atoms with E-state index in [9.17, 15) is 14.9 Å². The second kappa shape index (κ2) is 6.34. The van der Waals surface area contributed by atoms with Crippen molar-refractivity contribution in [3.63, 3.8) is 0 Å². The summed E-state index contributed by atoms with van der Waals surface area (Å²) in [6.45, 7) is 5.44. The minimum atomic E-state index is -0.530. The van der Waals surface area contributed by atoms with E-state index in [0.29, 0.717) is 5.56 Å². The van der Waals surface area contributed by atoms with Crippen LogP contribution < -0.4 is 0 Å². The van der Waals surface area contributed by atoms with Crippen molar-refractivity contribution in [2.24, 2.45) is 0 Å². The van der Waals surface area contributed by atoms with E-state index in [1.54, 1.807) is 13.0 Å². The lowest BCUT2D eigenvalue weighted by Crippen LogP contribution is -2.07. The van der Waals surface area contributed by atoms with Crippen molar-refractivity contribution in [3.8, 4) is 0 Å². The van der Waals surface area contributed by atoms with Crippen molar-refractivity contribution in [2.75, 3.05) is 6.61 Å². The third-order valence-corrected chi connectivity index (χ3v) is 2.15. The van der Waals surface area contributed by atoms with Gasteiger partial charge in [-0.05, 0) is 18.6 Å². The molecule has 0 aromatic heterocycles. The summed E-state index contributed by atoms with van der Waals surface area (Å²) in [7, 11) is 0. The van der Waals surface area contributed by atoms with Gasteiger partial charge < -0.3 is 4.74 Å². The molecule has 0 amide bonds. The van der Waals surface area contributed by atoms with Crippen LogP contribution in [0.4, 0.5) is 5.69 Å². The number of non-ortho nitro benzene ring substituents is 1. The molecule has 5 heteroatoms. The molecular weight excluding hydrogens is 234 g/mol. The molecule has 0 unspecified atom stereocenters. The third kappa shape index (κ3) is 3.28. The molecule has 1 aromatic carbocycles. The molecule has 0 heterocycles. The summed E-state index contributed by atoms with van der Waals surface area (Å²) in [6, 6.07) is 5.81. The average molecular weight is 247 g/mol. The molecule has 0 aliphatic heterocycles. The zero-order valence-electron chi connectivity index (χ0n) is 9.96. The Morgan fingerprint density at radius 3 is 2.83 bits per heavy atom. The Bertz CT molecular complexity index is 505. The van der Waals surface area contributed by atoms with Crippen molar-refractivity contribution < 1.29 is 14.5 Å². The maximum Gasteiger partial charge on any atom is 0.338 e. The topological polar surface area (TPSA) is 69.4 Å². The quantitative estimate of drug-likeness (QED) is 0.264. The van der Waals surface area contributed by atoms with Crippen LogP contribution in [0.2, 0.25) is 0 Å². The summed E-state index contributed by atoms with van der Waals surface area (Å²) in [5, 5.41) is 10.7. The van der Waals surface area contributed by atoms with Crippen LogP contribution in [0.25, 0.3) is 5.57 Å². The summed E-state index contributed by atoms with van der Waals surface area (Å²) in [5.41, 5.74) is 0.602. The van der Waals surface area contributed by atoms with Gasteiger partial charge >= 0.3 is 5.97 Å². The molecule has 0 fully saturated rings. The van der Waals surface area contributed by atoms with Gasteiger partial charge in [-0.15, -0.1) is 0 Å². The van der Waals surface area contributed by atoms with Gasteiger partial charge in [-0.2, -0.15) is 0 Å². The van der Waals surface area contributed by atoms with Gasteiger partial charge in [0, 0.05) is 12.1 Å². The van der Waals surface area contributed by atoms with Crippen molar-refractivity contribution in [1.82, 2.24) is 0 Å². The van der Waals surface area contributed by atoms with Gasteiger partial charge in [0.05, 0.1) is 17.1 Å². The van der Waals surface area contributed by atoms with Crippen LogP contribution in [0, 0.1) is 10.1 Å². The van der Waals surface area contributed by atoms with Crippen LogP contribution in [0.15, 0.2) is 43.0 Å². The Morgan fingerprint density at radius 1 is 1.56 bits per heavy atom. The number of esters is 1. The number of hydrogen-bond acceptors (Lipinski definition) is 4. The molecule has 1 rings (SSSR count). The zero-order valence-corrected chi connectivity index (χ0v) is 9.96. The molecular formula is C13H13NO4. The largest absolute Gasteiger partial charge is 0.462 e. The smallest absolute Gasteiger partial charge is 0.338 e. The fourth-order valence-electron chi connectivity index (χ4n) is 1.40. The van der Waals surface area contributed by atoms with Gasteiger partial charge in [-0.1, -0.05) is 24.8 Å². The Hall–Kier alpha value is -2.43.